The number of carboxylic acids is 2. The molecule has 51 heavy (non-hydrogen) atoms. The Morgan fingerprint density at radius 3 is 2.06 bits per heavy atom. The van der Waals surface area contributed by atoms with Gasteiger partial charge in [-0.2, -0.15) is 0 Å². The molecule has 0 aromatic rings. The van der Waals surface area contributed by atoms with Gasteiger partial charge in [0.05, 0.1) is 24.0 Å². The highest BCUT2D eigenvalue weighted by molar-refractivity contribution is 7.57. The lowest BCUT2D eigenvalue weighted by Crippen LogP contribution is -2.67. The number of ether oxygens (including phenoxy) is 1. The van der Waals surface area contributed by atoms with Crippen LogP contribution in [0.1, 0.15) is 146 Å². The van der Waals surface area contributed by atoms with Crippen molar-refractivity contribution < 1.29 is 42.9 Å². The minimum Gasteiger partial charge on any atom is -0.481 e. The van der Waals surface area contributed by atoms with Crippen molar-refractivity contribution in [3.05, 3.63) is 11.4 Å². The molecule has 0 spiro atoms. The van der Waals surface area contributed by atoms with Crippen LogP contribution in [0.25, 0.3) is 0 Å². The summed E-state index contributed by atoms with van der Waals surface area (Å²) in [4.78, 5) is 38.0. The second kappa shape index (κ2) is 13.9. The van der Waals surface area contributed by atoms with Crippen molar-refractivity contribution in [1.29, 1.82) is 0 Å². The summed E-state index contributed by atoms with van der Waals surface area (Å²) >= 11 is 0. The molecular formula is C41H67O9P. The monoisotopic (exact) mass is 734 g/mol. The molecule has 10 heteroatoms. The van der Waals surface area contributed by atoms with E-state index >= 15 is 0 Å². The summed E-state index contributed by atoms with van der Waals surface area (Å²) in [5, 5.41) is 20.4. The second-order valence-electron chi connectivity index (χ2n) is 19.1. The molecule has 2 N–H and O–H groups in total. The molecule has 0 aliphatic heterocycles. The van der Waals surface area contributed by atoms with Crippen LogP contribution in [-0.2, 0) is 32.7 Å². The second-order valence-corrected chi connectivity index (χ2v) is 20.9. The lowest BCUT2D eigenvalue weighted by atomic mass is 9.32. The highest BCUT2D eigenvalue weighted by Crippen LogP contribution is 2.78. The molecule has 0 amide bonds. The number of hydrogen-bond acceptors (Lipinski definition) is 7. The van der Waals surface area contributed by atoms with Gasteiger partial charge in [0.25, 0.3) is 0 Å². The van der Waals surface area contributed by atoms with Gasteiger partial charge in [-0.25, -0.2) is 0 Å². The number of aliphatic carboxylic acids is 2. The zero-order valence-corrected chi connectivity index (χ0v) is 34.0. The Balaban J connectivity index is 1.42. The first-order valence-corrected chi connectivity index (χ1v) is 21.4. The van der Waals surface area contributed by atoms with Crippen molar-refractivity contribution in [2.24, 2.45) is 62.1 Å². The Bertz CT molecular complexity index is 1440. The Morgan fingerprint density at radius 1 is 0.824 bits per heavy atom. The molecule has 5 aliphatic carbocycles. The smallest absolute Gasteiger partial charge is 0.354 e. The van der Waals surface area contributed by atoms with Gasteiger partial charge >= 0.3 is 25.5 Å². The maximum atomic E-state index is 13.7. The highest BCUT2D eigenvalue weighted by Gasteiger charge is 2.72. The number of carbonyl (C=O) groups is 3. The van der Waals surface area contributed by atoms with Crippen LogP contribution in [-0.4, -0.2) is 47.4 Å². The van der Waals surface area contributed by atoms with Gasteiger partial charge in [-0.3, -0.25) is 18.9 Å². The third-order valence-electron chi connectivity index (χ3n) is 16.2. The van der Waals surface area contributed by atoms with Crippen molar-refractivity contribution in [2.45, 2.75) is 152 Å². The first-order valence-electron chi connectivity index (χ1n) is 19.8. The molecule has 5 saturated carbocycles. The molecular weight excluding hydrogens is 667 g/mol. The molecule has 0 bridgehead atoms. The molecule has 5 aliphatic rings. The van der Waals surface area contributed by atoms with Crippen LogP contribution in [0, 0.1) is 62.1 Å². The zero-order chi connectivity index (χ0) is 38.0. The van der Waals surface area contributed by atoms with Gasteiger partial charge in [0, 0.05) is 17.7 Å². The van der Waals surface area contributed by atoms with E-state index in [1.54, 1.807) is 19.7 Å². The molecule has 0 aromatic heterocycles. The predicted octanol–water partition coefficient (Wildman–Crippen LogP) is 10.1. The topological polar surface area (TPSA) is 136 Å². The van der Waals surface area contributed by atoms with E-state index in [9.17, 15) is 29.2 Å². The number of fused-ring (bicyclic) bond motifs is 7. The van der Waals surface area contributed by atoms with Gasteiger partial charge in [0.2, 0.25) is 0 Å². The average Bonchev–Trinajstić information content (AvgIpc) is 3.43. The standard InChI is InChI=1S/C41H67O9P/c1-11-48-51(47,49-12-2)25-26(3)27-15-22-41(35(45)46)24-23-39(9)28(33(27)41)13-14-30-38(8)20-17-31(37(6,7)29(38)16-21-40(30,39)10)50-32(42)18-19-36(4,5)34(43)44/h25,27-31,33H,11-24H2,1-10H3,(H,43,44)(H,45,46)/b26-25+/t27?,28?,29?,30?,31?,33?,38-,39+,40+,41?/m0/s1. The third-order valence-corrected chi connectivity index (χ3v) is 18.1. The van der Waals surface area contributed by atoms with Crippen LogP contribution < -0.4 is 0 Å². The number of hydrogen-bond donors (Lipinski definition) is 2. The van der Waals surface area contributed by atoms with E-state index in [1.165, 1.54) is 0 Å². The lowest BCUT2D eigenvalue weighted by molar-refractivity contribution is -0.250. The summed E-state index contributed by atoms with van der Waals surface area (Å²) in [6.07, 6.45) is 8.98. The minimum atomic E-state index is -3.44. The summed E-state index contributed by atoms with van der Waals surface area (Å²) in [7, 11) is -3.44. The number of carboxylic acid groups (broad SMARTS) is 2. The average molecular weight is 735 g/mol. The molecule has 290 valence electrons. The van der Waals surface area contributed by atoms with Crippen molar-refractivity contribution in [2.75, 3.05) is 13.2 Å². The van der Waals surface area contributed by atoms with E-state index in [2.05, 4.69) is 34.6 Å². The molecule has 0 saturated heterocycles. The number of allylic oxidation sites excluding steroid dienone is 1. The van der Waals surface area contributed by atoms with Gasteiger partial charge in [-0.1, -0.05) is 40.2 Å². The Morgan fingerprint density at radius 2 is 1.47 bits per heavy atom. The quantitative estimate of drug-likeness (QED) is 0.148. The van der Waals surface area contributed by atoms with Gasteiger partial charge in [0.1, 0.15) is 6.10 Å². The molecule has 7 unspecified atom stereocenters. The number of rotatable bonds is 12. The van der Waals surface area contributed by atoms with E-state index < -0.39 is 30.4 Å². The van der Waals surface area contributed by atoms with Crippen LogP contribution in [0.4, 0.5) is 0 Å². The van der Waals surface area contributed by atoms with E-state index in [4.69, 9.17) is 13.8 Å². The Labute approximate surface area is 306 Å². The van der Waals surface area contributed by atoms with E-state index in [0.717, 1.165) is 56.9 Å². The molecule has 5 fully saturated rings. The highest BCUT2D eigenvalue weighted by atomic mass is 31.2. The Kier molecular flexibility index (Phi) is 11.0. The zero-order valence-electron chi connectivity index (χ0n) is 33.1. The largest absolute Gasteiger partial charge is 0.481 e. The van der Waals surface area contributed by atoms with Crippen LogP contribution in [0.15, 0.2) is 11.4 Å². The normalized spacial score (nSPS) is 40.7. The van der Waals surface area contributed by atoms with Crippen molar-refractivity contribution >= 4 is 25.5 Å². The molecule has 0 heterocycles. The maximum absolute atomic E-state index is 13.7. The Hall–Kier alpha value is -1.70. The fourth-order valence-electron chi connectivity index (χ4n) is 13.2. The van der Waals surface area contributed by atoms with E-state index in [-0.39, 0.29) is 77.5 Å². The van der Waals surface area contributed by atoms with Gasteiger partial charge < -0.3 is 24.0 Å². The van der Waals surface area contributed by atoms with Gasteiger partial charge in [-0.15, -0.1) is 0 Å². The summed E-state index contributed by atoms with van der Waals surface area (Å²) in [6.45, 7) is 21.5. The van der Waals surface area contributed by atoms with Crippen LogP contribution in [0.2, 0.25) is 0 Å². The lowest BCUT2D eigenvalue weighted by Gasteiger charge is -2.72. The summed E-state index contributed by atoms with van der Waals surface area (Å²) in [5.74, 6) is 0.843. The molecule has 0 aromatic carbocycles. The summed E-state index contributed by atoms with van der Waals surface area (Å²) < 4.78 is 31.2. The van der Waals surface area contributed by atoms with Crippen LogP contribution >= 0.6 is 7.60 Å². The molecule has 0 radical (unpaired) electrons. The first-order chi connectivity index (χ1) is 23.6. The summed E-state index contributed by atoms with van der Waals surface area (Å²) in [5.41, 5.74) is -1.03. The first kappa shape index (κ1) is 40.5. The van der Waals surface area contributed by atoms with Crippen LogP contribution in [0.5, 0.6) is 0 Å². The van der Waals surface area contributed by atoms with Crippen molar-refractivity contribution in [3.63, 3.8) is 0 Å². The fourth-order valence-corrected chi connectivity index (χ4v) is 14.8. The van der Waals surface area contributed by atoms with Crippen LogP contribution in [0.3, 0.4) is 0 Å². The SMILES string of the molecule is CCOP(=O)(/C=C(\C)C1CCC2(C(=O)O)CC[C@]3(C)C(CCC4[C@@]5(C)CCC(OC(=O)CCC(C)(C)C(=O)O)C(C)(C)C5CC[C@]43C)C12)OCC. The molecule has 5 rings (SSSR count). The minimum absolute atomic E-state index is 0.0113. The van der Waals surface area contributed by atoms with Crippen molar-refractivity contribution in [3.8, 4) is 0 Å². The van der Waals surface area contributed by atoms with Crippen molar-refractivity contribution in [1.82, 2.24) is 0 Å². The van der Waals surface area contributed by atoms with Gasteiger partial charge in [-0.05, 0) is 151 Å². The molecule has 10 atom stereocenters. The third kappa shape index (κ3) is 6.49. The molecule has 9 nitrogen and oxygen atoms in total. The maximum Gasteiger partial charge on any atom is 0.354 e. The number of esters is 1. The van der Waals surface area contributed by atoms with E-state index in [0.29, 0.717) is 24.7 Å². The predicted molar refractivity (Wildman–Crippen MR) is 197 cm³/mol. The van der Waals surface area contributed by atoms with E-state index in [1.807, 2.05) is 20.8 Å². The number of carbonyl (C=O) groups excluding carboxylic acids is 1. The fraction of sp³-hybridized carbons (Fsp3) is 0.878. The van der Waals surface area contributed by atoms with Gasteiger partial charge in [0.15, 0.2) is 0 Å². The summed E-state index contributed by atoms with van der Waals surface area (Å²) in [6, 6.07) is 0.